The predicted molar refractivity (Wildman–Crippen MR) is 119 cm³/mol. The first-order valence-electron chi connectivity index (χ1n) is 11.7. The molecule has 1 aromatic rings. The van der Waals surface area contributed by atoms with Crippen LogP contribution in [-0.4, -0.2) is 50.7 Å². The minimum absolute atomic E-state index is 0.110. The molecule has 3 fully saturated rings. The van der Waals surface area contributed by atoms with Crippen LogP contribution >= 0.6 is 0 Å². The van der Waals surface area contributed by atoms with Gasteiger partial charge in [-0.05, 0) is 56.3 Å². The van der Waals surface area contributed by atoms with Crippen molar-refractivity contribution in [1.82, 2.24) is 10.1 Å². The van der Waals surface area contributed by atoms with Crippen LogP contribution in [0.4, 0.5) is 0 Å². The predicted octanol–water partition coefficient (Wildman–Crippen LogP) is 3.92. The van der Waals surface area contributed by atoms with Crippen molar-refractivity contribution in [3.8, 4) is 0 Å². The molecule has 2 saturated heterocycles. The second-order valence-electron chi connectivity index (χ2n) is 10.1. The molecule has 172 valence electrons. The van der Waals surface area contributed by atoms with E-state index >= 15 is 0 Å². The molecule has 7 nitrogen and oxygen atoms in total. The smallest absolute Gasteiger partial charge is 0.290 e. The minimum atomic E-state index is -2.62. The zero-order chi connectivity index (χ0) is 22.2. The number of hydrogen-bond donors (Lipinski definition) is 0. The Hall–Kier alpha value is -1.70. The maximum atomic E-state index is 13.4. The van der Waals surface area contributed by atoms with E-state index in [9.17, 15) is 13.8 Å². The molecular weight excluding hydrogens is 414 g/mol. The molecule has 0 aromatic carbocycles. The second kappa shape index (κ2) is 9.04. The molecule has 2 aliphatic heterocycles. The Bertz CT molecular complexity index is 920. The van der Waals surface area contributed by atoms with Crippen molar-refractivity contribution in [3.05, 3.63) is 17.5 Å². The number of amides is 2. The summed E-state index contributed by atoms with van der Waals surface area (Å²) in [5.74, 6) is 2.24. The summed E-state index contributed by atoms with van der Waals surface area (Å²) in [5.41, 5.74) is 0.745. The maximum Gasteiger partial charge on any atom is 0.290 e. The van der Waals surface area contributed by atoms with Gasteiger partial charge in [0.15, 0.2) is 0 Å². The highest BCUT2D eigenvalue weighted by Crippen LogP contribution is 2.37. The van der Waals surface area contributed by atoms with Gasteiger partial charge in [-0.2, -0.15) is 4.36 Å². The van der Waals surface area contributed by atoms with E-state index in [4.69, 9.17) is 4.52 Å². The Morgan fingerprint density at radius 1 is 1.23 bits per heavy atom. The SMILES string of the molecule is CCC(C(=O)N1CC2CC(C1)CS(=O)(=NC(=O)c1conc1C)C2)C1CCC(C)CC1. The van der Waals surface area contributed by atoms with Crippen LogP contribution in [0.2, 0.25) is 0 Å². The zero-order valence-electron chi connectivity index (χ0n) is 18.9. The van der Waals surface area contributed by atoms with Crippen molar-refractivity contribution in [2.24, 2.45) is 34.0 Å². The molecule has 3 heterocycles. The summed E-state index contributed by atoms with van der Waals surface area (Å²) in [4.78, 5) is 28.0. The average molecular weight is 450 g/mol. The van der Waals surface area contributed by atoms with Crippen LogP contribution in [0.5, 0.6) is 0 Å². The van der Waals surface area contributed by atoms with Gasteiger partial charge in [0, 0.05) is 30.5 Å². The molecule has 3 unspecified atom stereocenters. The van der Waals surface area contributed by atoms with E-state index in [0.29, 0.717) is 42.1 Å². The number of rotatable bonds is 4. The van der Waals surface area contributed by atoms with E-state index < -0.39 is 15.6 Å². The number of aromatic nitrogens is 1. The lowest BCUT2D eigenvalue weighted by Crippen LogP contribution is -2.53. The fraction of sp³-hybridized carbons (Fsp3) is 0.783. The van der Waals surface area contributed by atoms with Gasteiger partial charge in [0.1, 0.15) is 11.8 Å². The monoisotopic (exact) mass is 449 g/mol. The van der Waals surface area contributed by atoms with E-state index in [1.807, 2.05) is 4.90 Å². The molecule has 0 spiro atoms. The molecule has 1 aliphatic carbocycles. The van der Waals surface area contributed by atoms with Crippen molar-refractivity contribution >= 4 is 21.5 Å². The van der Waals surface area contributed by atoms with Gasteiger partial charge in [-0.1, -0.05) is 31.8 Å². The summed E-state index contributed by atoms with van der Waals surface area (Å²) >= 11 is 0. The largest absolute Gasteiger partial charge is 0.364 e. The van der Waals surface area contributed by atoms with Crippen LogP contribution < -0.4 is 0 Å². The number of aryl methyl sites for hydroxylation is 1. The highest BCUT2D eigenvalue weighted by molar-refractivity contribution is 7.94. The Kier molecular flexibility index (Phi) is 6.56. The quantitative estimate of drug-likeness (QED) is 0.694. The number of carbonyl (C=O) groups is 2. The van der Waals surface area contributed by atoms with E-state index in [1.54, 1.807) is 6.92 Å². The first-order valence-corrected chi connectivity index (χ1v) is 13.6. The Balaban J connectivity index is 1.44. The van der Waals surface area contributed by atoms with E-state index in [1.165, 1.54) is 19.1 Å². The molecule has 0 radical (unpaired) electrons. The number of piperidine rings is 1. The van der Waals surface area contributed by atoms with E-state index in [-0.39, 0.29) is 23.3 Å². The highest BCUT2D eigenvalue weighted by atomic mass is 32.2. The first-order chi connectivity index (χ1) is 14.8. The molecule has 31 heavy (non-hydrogen) atoms. The number of likely N-dealkylation sites (tertiary alicyclic amines) is 1. The summed E-state index contributed by atoms with van der Waals surface area (Å²) in [7, 11) is -2.62. The molecule has 3 aliphatic rings. The van der Waals surface area contributed by atoms with Gasteiger partial charge in [-0.25, -0.2) is 4.21 Å². The minimum Gasteiger partial charge on any atom is -0.364 e. The molecule has 2 amide bonds. The molecule has 1 aromatic heterocycles. The average Bonchev–Trinajstić information content (AvgIpc) is 3.14. The lowest BCUT2D eigenvalue weighted by Gasteiger charge is -2.44. The second-order valence-corrected chi connectivity index (χ2v) is 12.5. The van der Waals surface area contributed by atoms with Crippen molar-refractivity contribution in [3.63, 3.8) is 0 Å². The van der Waals surface area contributed by atoms with Crippen LogP contribution in [-0.2, 0) is 14.5 Å². The van der Waals surface area contributed by atoms with E-state index in [2.05, 4.69) is 23.4 Å². The number of nitrogens with zero attached hydrogens (tertiary/aromatic N) is 3. The van der Waals surface area contributed by atoms with Gasteiger partial charge < -0.3 is 9.42 Å². The molecule has 0 N–H and O–H groups in total. The lowest BCUT2D eigenvalue weighted by atomic mass is 9.74. The first kappa shape index (κ1) is 22.5. The number of hydrogen-bond acceptors (Lipinski definition) is 5. The van der Waals surface area contributed by atoms with Crippen LogP contribution in [0, 0.1) is 36.5 Å². The number of carbonyl (C=O) groups excluding carboxylic acids is 2. The molecule has 3 atom stereocenters. The van der Waals surface area contributed by atoms with Crippen molar-refractivity contribution in [2.45, 2.75) is 59.3 Å². The van der Waals surface area contributed by atoms with Gasteiger partial charge in [-0.3, -0.25) is 9.59 Å². The summed E-state index contributed by atoms with van der Waals surface area (Å²) in [5, 5.41) is 3.71. The summed E-state index contributed by atoms with van der Waals surface area (Å²) < 4.78 is 22.4. The molecular formula is C23H35N3O4S. The van der Waals surface area contributed by atoms with Crippen LogP contribution in [0.3, 0.4) is 0 Å². The van der Waals surface area contributed by atoms with Crippen LogP contribution in [0.1, 0.15) is 68.4 Å². The Labute approximate surface area is 185 Å². The topological polar surface area (TPSA) is 92.8 Å². The van der Waals surface area contributed by atoms with Crippen molar-refractivity contribution in [2.75, 3.05) is 24.6 Å². The van der Waals surface area contributed by atoms with Gasteiger partial charge in [0.25, 0.3) is 5.91 Å². The summed E-state index contributed by atoms with van der Waals surface area (Å²) in [6, 6.07) is 0. The fourth-order valence-electron chi connectivity index (χ4n) is 5.95. The normalized spacial score (nSPS) is 34.2. The zero-order valence-corrected chi connectivity index (χ0v) is 19.7. The summed E-state index contributed by atoms with van der Waals surface area (Å²) in [6.07, 6.45) is 7.89. The van der Waals surface area contributed by atoms with Crippen molar-refractivity contribution < 1.29 is 18.3 Å². The Morgan fingerprint density at radius 3 is 2.42 bits per heavy atom. The fourth-order valence-corrected chi connectivity index (χ4v) is 8.59. The molecule has 2 bridgehead atoms. The maximum absolute atomic E-state index is 13.4. The number of fused-ring (bicyclic) bond motifs is 2. The standard InChI is InChI=1S/C23H35N3O4S/c1-4-20(19-7-5-15(2)6-8-19)23(28)26-10-17-9-18(11-26)14-31(29,13-17)25-22(27)21-12-30-24-16(21)3/h12,15,17-20H,4-11,13-14H2,1-3H3. The third-order valence-corrected chi connectivity index (χ3v) is 10.0. The van der Waals surface area contributed by atoms with Crippen molar-refractivity contribution in [1.29, 1.82) is 0 Å². The Morgan fingerprint density at radius 2 is 1.87 bits per heavy atom. The van der Waals surface area contributed by atoms with Gasteiger partial charge >= 0.3 is 0 Å². The highest BCUT2D eigenvalue weighted by Gasteiger charge is 2.41. The van der Waals surface area contributed by atoms with Gasteiger partial charge in [-0.15, -0.1) is 0 Å². The van der Waals surface area contributed by atoms with E-state index in [0.717, 1.165) is 31.6 Å². The van der Waals surface area contributed by atoms with Crippen LogP contribution in [0.15, 0.2) is 15.1 Å². The lowest BCUT2D eigenvalue weighted by molar-refractivity contribution is -0.141. The molecule has 1 saturated carbocycles. The molecule has 4 rings (SSSR count). The third-order valence-electron chi connectivity index (χ3n) is 7.54. The van der Waals surface area contributed by atoms with Crippen LogP contribution in [0.25, 0.3) is 0 Å². The molecule has 8 heteroatoms. The summed E-state index contributed by atoms with van der Waals surface area (Å²) in [6.45, 7) is 7.40. The third kappa shape index (κ3) is 4.89. The van der Waals surface area contributed by atoms with Gasteiger partial charge in [0.05, 0.1) is 15.4 Å². The van der Waals surface area contributed by atoms with Gasteiger partial charge in [0.2, 0.25) is 5.91 Å².